The molecule has 0 saturated heterocycles. The summed E-state index contributed by atoms with van der Waals surface area (Å²) >= 11 is 0. The van der Waals surface area contributed by atoms with Crippen molar-refractivity contribution in [2.24, 2.45) is 5.41 Å². The number of alkyl halides is 2. The van der Waals surface area contributed by atoms with Crippen LogP contribution in [0.15, 0.2) is 73.1 Å². The first-order valence-electron chi connectivity index (χ1n) is 13.3. The van der Waals surface area contributed by atoms with Crippen LogP contribution in [0.5, 0.6) is 0 Å². The van der Waals surface area contributed by atoms with E-state index >= 15 is 0 Å². The van der Waals surface area contributed by atoms with Crippen LogP contribution in [-0.2, 0) is 26.4 Å². The van der Waals surface area contributed by atoms with E-state index < -0.39 is 35.7 Å². The highest BCUT2D eigenvalue weighted by molar-refractivity contribution is 5.90. The first-order chi connectivity index (χ1) is 19.4. The Balaban J connectivity index is 1.73. The van der Waals surface area contributed by atoms with Gasteiger partial charge in [0.15, 0.2) is 5.54 Å². The Morgan fingerprint density at radius 2 is 1.76 bits per heavy atom. The molecule has 0 aliphatic rings. The molecule has 0 radical (unpaired) electrons. The number of amides is 1. The molecule has 41 heavy (non-hydrogen) atoms. The van der Waals surface area contributed by atoms with Gasteiger partial charge in [0.25, 0.3) is 0 Å². The van der Waals surface area contributed by atoms with Crippen molar-refractivity contribution < 1.29 is 27.8 Å². The first-order valence-corrected chi connectivity index (χ1v) is 13.3. The topological polar surface area (TPSA) is 95.3 Å². The number of rotatable bonds is 9. The molecule has 0 fully saturated rings. The zero-order chi connectivity index (χ0) is 29.8. The van der Waals surface area contributed by atoms with Crippen LogP contribution >= 0.6 is 0 Å². The van der Waals surface area contributed by atoms with E-state index in [-0.39, 0.29) is 13.0 Å². The van der Waals surface area contributed by atoms with Crippen LogP contribution in [0.1, 0.15) is 58.7 Å². The molecule has 0 aliphatic carbocycles. The molecule has 1 atom stereocenters. The smallest absolute Gasteiger partial charge is 0.408 e. The lowest BCUT2D eigenvalue weighted by molar-refractivity contribution is -0.157. The van der Waals surface area contributed by atoms with Gasteiger partial charge in [0.1, 0.15) is 6.61 Å². The lowest BCUT2D eigenvalue weighted by Crippen LogP contribution is -2.55. The van der Waals surface area contributed by atoms with E-state index in [1.165, 1.54) is 12.4 Å². The second kappa shape index (κ2) is 12.0. The van der Waals surface area contributed by atoms with Crippen molar-refractivity contribution in [1.29, 1.82) is 0 Å². The molecule has 2 heterocycles. The quantitative estimate of drug-likeness (QED) is 0.220. The molecule has 1 unspecified atom stereocenters. The highest BCUT2D eigenvalue weighted by Crippen LogP contribution is 2.38. The van der Waals surface area contributed by atoms with Crippen molar-refractivity contribution in [1.82, 2.24) is 20.1 Å². The van der Waals surface area contributed by atoms with Crippen LogP contribution in [0.2, 0.25) is 0 Å². The number of hydrogen-bond acceptors (Lipinski definition) is 6. The molecule has 8 nitrogen and oxygen atoms in total. The van der Waals surface area contributed by atoms with E-state index in [0.717, 1.165) is 5.56 Å². The van der Waals surface area contributed by atoms with Crippen molar-refractivity contribution in [3.63, 3.8) is 0 Å². The average Bonchev–Trinajstić information content (AvgIpc) is 3.41. The number of halogens is 2. The summed E-state index contributed by atoms with van der Waals surface area (Å²) in [6.07, 6.45) is 1.59. The molecule has 0 bridgehead atoms. The Bertz CT molecular complexity index is 1520. The maximum absolute atomic E-state index is 13.8. The van der Waals surface area contributed by atoms with Crippen LogP contribution in [-0.4, -0.2) is 32.9 Å². The Labute approximate surface area is 237 Å². The number of fused-ring (bicyclic) bond motifs is 1. The third kappa shape index (κ3) is 7.25. The van der Waals surface area contributed by atoms with Gasteiger partial charge in [-0.05, 0) is 55.0 Å². The summed E-state index contributed by atoms with van der Waals surface area (Å²) in [4.78, 5) is 31.6. The molecule has 2 aromatic heterocycles. The zero-order valence-electron chi connectivity index (χ0n) is 23.7. The monoisotopic (exact) mass is 564 g/mol. The fourth-order valence-corrected chi connectivity index (χ4v) is 4.63. The number of nitrogens with zero attached hydrogens (tertiary/aromatic N) is 3. The lowest BCUT2D eigenvalue weighted by Gasteiger charge is -2.38. The molecule has 0 aliphatic heterocycles. The fraction of sp³-hybridized carbons (Fsp3) is 0.355. The highest BCUT2D eigenvalue weighted by atomic mass is 19.3. The molecule has 216 valence electrons. The number of carbonyl (C=O) groups is 2. The van der Waals surface area contributed by atoms with Crippen LogP contribution in [0.3, 0.4) is 0 Å². The Hall–Kier alpha value is -4.34. The molecule has 1 N–H and O–H groups in total. The molecule has 10 heteroatoms. The largest absolute Gasteiger partial charge is 0.461 e. The number of carbonyl (C=O) groups excluding carboxylic acids is 2. The summed E-state index contributed by atoms with van der Waals surface area (Å²) in [5.74, 6) is -0.609. The number of alkyl carbamates (subject to hydrolysis) is 1. The van der Waals surface area contributed by atoms with Crippen molar-refractivity contribution in [2.75, 3.05) is 0 Å². The third-order valence-electron chi connectivity index (χ3n) is 6.29. The lowest BCUT2D eigenvalue weighted by atomic mass is 9.75. The number of nitrogens with one attached hydrogen (secondary N) is 1. The Morgan fingerprint density at radius 1 is 1.02 bits per heavy atom. The second-order valence-electron chi connectivity index (χ2n) is 11.4. The number of benzene rings is 2. The van der Waals surface area contributed by atoms with E-state index in [1.807, 2.05) is 51.1 Å². The fourth-order valence-electron chi connectivity index (χ4n) is 4.63. The normalized spacial score (nSPS) is 13.3. The molecule has 4 aromatic rings. The minimum absolute atomic E-state index is 0.0318. The molecule has 2 aromatic carbocycles. The highest BCUT2D eigenvalue weighted by Gasteiger charge is 2.47. The Kier molecular flexibility index (Phi) is 8.70. The van der Waals surface area contributed by atoms with Gasteiger partial charge in [0.05, 0.1) is 23.5 Å². The first kappa shape index (κ1) is 29.6. The molecule has 0 saturated carbocycles. The standard InChI is InChI=1S/C31H34F2N4O4/c1-20(2)41-27(38)31(19-30(3,4)5,36-29(39)40-18-21-9-7-6-8-10-21)24-12-14-25-22(15-24)11-13-26(35-25)23-16-34-37(17-23)28(32)33/h6-17,20,28H,18-19H2,1-5H3,(H,36,39). The van der Waals surface area contributed by atoms with Crippen LogP contribution in [0.25, 0.3) is 22.2 Å². The second-order valence-corrected chi connectivity index (χ2v) is 11.4. The number of pyridine rings is 1. The summed E-state index contributed by atoms with van der Waals surface area (Å²) < 4.78 is 37.8. The summed E-state index contributed by atoms with van der Waals surface area (Å²) in [5.41, 5.74) is 0.820. The summed E-state index contributed by atoms with van der Waals surface area (Å²) in [6, 6.07) is 17.9. The minimum Gasteiger partial charge on any atom is -0.461 e. The van der Waals surface area contributed by atoms with Gasteiger partial charge in [-0.2, -0.15) is 13.9 Å². The third-order valence-corrected chi connectivity index (χ3v) is 6.29. The van der Waals surface area contributed by atoms with Crippen LogP contribution < -0.4 is 5.32 Å². The van der Waals surface area contributed by atoms with Crippen molar-refractivity contribution in [2.45, 2.75) is 65.8 Å². The van der Waals surface area contributed by atoms with Crippen LogP contribution in [0, 0.1) is 5.41 Å². The van der Waals surface area contributed by atoms with E-state index in [1.54, 1.807) is 44.2 Å². The predicted octanol–water partition coefficient (Wildman–Crippen LogP) is 7.00. The molecular formula is C31H34F2N4O4. The SMILES string of the molecule is CC(C)OC(=O)C(CC(C)(C)C)(NC(=O)OCc1ccccc1)c1ccc2nc(-c3cnn(C(F)F)c3)ccc2c1. The number of ether oxygens (including phenoxy) is 2. The summed E-state index contributed by atoms with van der Waals surface area (Å²) in [6.45, 7) is 6.68. The molecule has 1 amide bonds. The van der Waals surface area contributed by atoms with Crippen molar-refractivity contribution in [3.8, 4) is 11.3 Å². The van der Waals surface area contributed by atoms with E-state index in [0.29, 0.717) is 32.4 Å². The Morgan fingerprint density at radius 3 is 2.39 bits per heavy atom. The van der Waals surface area contributed by atoms with E-state index in [2.05, 4.69) is 15.4 Å². The van der Waals surface area contributed by atoms with Gasteiger partial charge < -0.3 is 14.8 Å². The van der Waals surface area contributed by atoms with Crippen molar-refractivity contribution in [3.05, 3.63) is 84.2 Å². The van der Waals surface area contributed by atoms with Gasteiger partial charge in [0, 0.05) is 17.1 Å². The maximum Gasteiger partial charge on any atom is 0.408 e. The van der Waals surface area contributed by atoms with Gasteiger partial charge in [0.2, 0.25) is 0 Å². The van der Waals surface area contributed by atoms with Crippen molar-refractivity contribution >= 4 is 23.0 Å². The van der Waals surface area contributed by atoms with E-state index in [4.69, 9.17) is 9.47 Å². The predicted molar refractivity (Wildman–Crippen MR) is 151 cm³/mol. The van der Waals surface area contributed by atoms with Gasteiger partial charge in [-0.15, -0.1) is 0 Å². The maximum atomic E-state index is 13.8. The summed E-state index contributed by atoms with van der Waals surface area (Å²) in [7, 11) is 0. The van der Waals surface area contributed by atoms with Crippen LogP contribution in [0.4, 0.5) is 13.6 Å². The molecule has 4 rings (SSSR count). The number of esters is 1. The molecule has 0 spiro atoms. The summed E-state index contributed by atoms with van der Waals surface area (Å²) in [5, 5.41) is 7.22. The molecular weight excluding hydrogens is 530 g/mol. The average molecular weight is 565 g/mol. The van der Waals surface area contributed by atoms with Gasteiger partial charge in [-0.25, -0.2) is 19.3 Å². The zero-order valence-corrected chi connectivity index (χ0v) is 23.7. The van der Waals surface area contributed by atoms with Gasteiger partial charge in [-0.3, -0.25) is 0 Å². The number of hydrogen-bond donors (Lipinski definition) is 1. The minimum atomic E-state index is -2.75. The van der Waals surface area contributed by atoms with E-state index in [9.17, 15) is 18.4 Å². The van der Waals surface area contributed by atoms with Gasteiger partial charge in [-0.1, -0.05) is 63.2 Å². The number of aromatic nitrogens is 3. The van der Waals surface area contributed by atoms with Gasteiger partial charge >= 0.3 is 18.6 Å².